The molecule has 0 aliphatic heterocycles. The van der Waals surface area contributed by atoms with Crippen LogP contribution in [0.25, 0.3) is 0 Å². The molecule has 0 aromatic carbocycles. The second kappa shape index (κ2) is 8.13. The fourth-order valence-corrected chi connectivity index (χ4v) is 1.38. The molecule has 0 spiro atoms. The van der Waals surface area contributed by atoms with Crippen LogP contribution in [0.3, 0.4) is 0 Å². The summed E-state index contributed by atoms with van der Waals surface area (Å²) in [5.74, 6) is 1.07. The Balaban J connectivity index is 3.98. The molecule has 3 N–H and O–H groups in total. The smallest absolute Gasteiger partial charge is 0.0957 e. The molecule has 0 heterocycles. The second-order valence-corrected chi connectivity index (χ2v) is 3.30. The number of rotatable bonds is 7. The van der Waals surface area contributed by atoms with E-state index in [1.807, 2.05) is 0 Å². The Morgan fingerprint density at radius 1 is 1.15 bits per heavy atom. The normalized spacial score (nSPS) is 12.0. The minimum atomic E-state index is 0.220. The minimum absolute atomic E-state index is 0.220. The fourth-order valence-electron chi connectivity index (χ4n) is 1.01. The van der Waals surface area contributed by atoms with E-state index >= 15 is 0 Å². The summed E-state index contributed by atoms with van der Waals surface area (Å²) in [5, 5.41) is 9.75. The molecule has 0 amide bonds. The average Bonchev–Trinajstić information content (AvgIpc) is 2.05. The van der Waals surface area contributed by atoms with Crippen molar-refractivity contribution in [1.82, 2.24) is 16.0 Å². The standard InChI is InChI=1S/C9H20N3Si/c1-4-10-8(11-5-2)7-9(13)12-6-3/h7,9-12H,4-6H2,1-3H3. The van der Waals surface area contributed by atoms with E-state index in [9.17, 15) is 0 Å². The van der Waals surface area contributed by atoms with Crippen molar-refractivity contribution in [3.63, 3.8) is 0 Å². The predicted molar refractivity (Wildman–Crippen MR) is 58.7 cm³/mol. The number of hydrogen-bond donors (Lipinski definition) is 3. The van der Waals surface area contributed by atoms with Gasteiger partial charge in [0, 0.05) is 18.8 Å². The molecule has 0 saturated carbocycles. The molecule has 0 bridgehead atoms. The van der Waals surface area contributed by atoms with Gasteiger partial charge in [-0.15, -0.1) is 0 Å². The molecule has 0 aromatic heterocycles. The first-order valence-corrected chi connectivity index (χ1v) is 5.46. The van der Waals surface area contributed by atoms with Gasteiger partial charge in [0.05, 0.1) is 16.1 Å². The largest absolute Gasteiger partial charge is 0.372 e. The van der Waals surface area contributed by atoms with Crippen LogP contribution in [-0.4, -0.2) is 35.5 Å². The van der Waals surface area contributed by atoms with Crippen LogP contribution >= 0.6 is 0 Å². The highest BCUT2D eigenvalue weighted by molar-refractivity contribution is 6.13. The summed E-state index contributed by atoms with van der Waals surface area (Å²) in [4.78, 5) is 0. The van der Waals surface area contributed by atoms with E-state index in [2.05, 4.69) is 53.0 Å². The van der Waals surface area contributed by atoms with Crippen molar-refractivity contribution in [2.45, 2.75) is 26.4 Å². The van der Waals surface area contributed by atoms with E-state index < -0.39 is 0 Å². The molecule has 1 atom stereocenters. The molecule has 75 valence electrons. The maximum absolute atomic E-state index is 3.56. The number of hydrogen-bond acceptors (Lipinski definition) is 3. The Bertz CT molecular complexity index is 140. The summed E-state index contributed by atoms with van der Waals surface area (Å²) < 4.78 is 0. The lowest BCUT2D eigenvalue weighted by molar-refractivity contribution is 0.689. The highest BCUT2D eigenvalue weighted by atomic mass is 28.1. The van der Waals surface area contributed by atoms with Crippen LogP contribution in [0.4, 0.5) is 0 Å². The summed E-state index contributed by atoms with van der Waals surface area (Å²) in [6.07, 6.45) is 2.09. The molecule has 1 unspecified atom stereocenters. The molecule has 0 rings (SSSR count). The highest BCUT2D eigenvalue weighted by Crippen LogP contribution is 1.86. The monoisotopic (exact) mass is 198 g/mol. The maximum atomic E-state index is 3.56. The van der Waals surface area contributed by atoms with Gasteiger partial charge in [0.2, 0.25) is 0 Å². The van der Waals surface area contributed by atoms with Gasteiger partial charge in [-0.05, 0) is 26.5 Å². The van der Waals surface area contributed by atoms with E-state index in [1.54, 1.807) is 0 Å². The Morgan fingerprint density at radius 3 is 2.08 bits per heavy atom. The van der Waals surface area contributed by atoms with E-state index in [-0.39, 0.29) is 5.67 Å². The van der Waals surface area contributed by atoms with Crippen LogP contribution in [0.2, 0.25) is 0 Å². The third-order valence-corrected chi connectivity index (χ3v) is 1.86. The maximum Gasteiger partial charge on any atom is 0.0957 e. The van der Waals surface area contributed by atoms with E-state index in [4.69, 9.17) is 0 Å². The van der Waals surface area contributed by atoms with Gasteiger partial charge in [0.15, 0.2) is 0 Å². The summed E-state index contributed by atoms with van der Waals surface area (Å²) in [6, 6.07) is 0. The number of nitrogens with one attached hydrogen (secondary N) is 3. The van der Waals surface area contributed by atoms with E-state index in [1.165, 1.54) is 0 Å². The lowest BCUT2D eigenvalue weighted by Gasteiger charge is -2.14. The van der Waals surface area contributed by atoms with Gasteiger partial charge in [-0.3, -0.25) is 0 Å². The van der Waals surface area contributed by atoms with Crippen molar-refractivity contribution < 1.29 is 0 Å². The quantitative estimate of drug-likeness (QED) is 0.510. The molecule has 0 fully saturated rings. The Kier molecular flexibility index (Phi) is 7.83. The van der Waals surface area contributed by atoms with Crippen LogP contribution in [0.5, 0.6) is 0 Å². The Labute approximate surface area is 84.8 Å². The van der Waals surface area contributed by atoms with Crippen molar-refractivity contribution in [2.75, 3.05) is 19.6 Å². The molecule has 0 aromatic rings. The lowest BCUT2D eigenvalue weighted by atomic mass is 10.4. The van der Waals surface area contributed by atoms with E-state index in [0.29, 0.717) is 0 Å². The average molecular weight is 198 g/mol. The Hall–Kier alpha value is -0.483. The molecule has 3 radical (unpaired) electrons. The van der Waals surface area contributed by atoms with Crippen LogP contribution < -0.4 is 16.0 Å². The predicted octanol–water partition coefficient (Wildman–Crippen LogP) is 0.151. The summed E-state index contributed by atoms with van der Waals surface area (Å²) in [7, 11) is 3.56. The zero-order chi connectivity index (χ0) is 10.1. The van der Waals surface area contributed by atoms with Crippen LogP contribution in [0.1, 0.15) is 20.8 Å². The van der Waals surface area contributed by atoms with Gasteiger partial charge in [-0.2, -0.15) is 0 Å². The SMILES string of the molecule is CCNC(=CC([Si])NCC)NCC. The topological polar surface area (TPSA) is 36.1 Å². The molecule has 13 heavy (non-hydrogen) atoms. The minimum Gasteiger partial charge on any atom is -0.372 e. The first kappa shape index (κ1) is 12.5. The fraction of sp³-hybridized carbons (Fsp3) is 0.778. The Morgan fingerprint density at radius 2 is 1.69 bits per heavy atom. The van der Waals surface area contributed by atoms with Crippen molar-refractivity contribution in [3.05, 3.63) is 11.9 Å². The van der Waals surface area contributed by atoms with Crippen LogP contribution in [0.15, 0.2) is 11.9 Å². The van der Waals surface area contributed by atoms with Crippen LogP contribution in [-0.2, 0) is 0 Å². The van der Waals surface area contributed by atoms with Crippen LogP contribution in [0, 0.1) is 0 Å². The third kappa shape index (κ3) is 6.66. The molecular formula is C9H20N3Si. The molecular weight excluding hydrogens is 178 g/mol. The molecule has 0 saturated heterocycles. The molecule has 4 heteroatoms. The molecule has 3 nitrogen and oxygen atoms in total. The highest BCUT2D eigenvalue weighted by Gasteiger charge is 1.97. The van der Waals surface area contributed by atoms with Crippen molar-refractivity contribution in [1.29, 1.82) is 0 Å². The van der Waals surface area contributed by atoms with Crippen molar-refractivity contribution in [2.24, 2.45) is 0 Å². The second-order valence-electron chi connectivity index (χ2n) is 2.68. The summed E-state index contributed by atoms with van der Waals surface area (Å²) in [6.45, 7) is 9.08. The first-order chi connectivity index (χ1) is 6.24. The first-order valence-electron chi connectivity index (χ1n) is 4.88. The lowest BCUT2D eigenvalue weighted by Crippen LogP contribution is -2.32. The third-order valence-electron chi connectivity index (χ3n) is 1.49. The molecule has 0 aliphatic rings. The van der Waals surface area contributed by atoms with Crippen molar-refractivity contribution in [3.8, 4) is 0 Å². The van der Waals surface area contributed by atoms with E-state index in [0.717, 1.165) is 25.5 Å². The van der Waals surface area contributed by atoms with Gasteiger partial charge < -0.3 is 16.0 Å². The zero-order valence-corrected chi connectivity index (χ0v) is 9.78. The van der Waals surface area contributed by atoms with Gasteiger partial charge in [0.1, 0.15) is 0 Å². The van der Waals surface area contributed by atoms with Gasteiger partial charge in [-0.25, -0.2) is 0 Å². The molecule has 0 aliphatic carbocycles. The van der Waals surface area contributed by atoms with Gasteiger partial charge >= 0.3 is 0 Å². The zero-order valence-electron chi connectivity index (χ0n) is 8.78. The van der Waals surface area contributed by atoms with Crippen molar-refractivity contribution >= 4 is 10.2 Å². The van der Waals surface area contributed by atoms with Gasteiger partial charge in [-0.1, -0.05) is 6.92 Å². The van der Waals surface area contributed by atoms with Gasteiger partial charge in [0.25, 0.3) is 0 Å². The summed E-state index contributed by atoms with van der Waals surface area (Å²) in [5.41, 5.74) is 0.220. The summed E-state index contributed by atoms with van der Waals surface area (Å²) >= 11 is 0. The number of likely N-dealkylation sites (N-methyl/N-ethyl adjacent to an activating group) is 1.